The van der Waals surface area contributed by atoms with Crippen molar-refractivity contribution in [1.29, 1.82) is 0 Å². The van der Waals surface area contributed by atoms with E-state index in [1.54, 1.807) is 12.5 Å². The fourth-order valence-corrected chi connectivity index (χ4v) is 3.56. The lowest BCUT2D eigenvalue weighted by atomic mass is 10.1. The molecule has 29 heavy (non-hydrogen) atoms. The van der Waals surface area contributed by atoms with Crippen LogP contribution < -0.4 is 5.32 Å². The monoisotopic (exact) mass is 388 g/mol. The van der Waals surface area contributed by atoms with Gasteiger partial charge in [-0.25, -0.2) is 0 Å². The van der Waals surface area contributed by atoms with Crippen molar-refractivity contribution in [3.8, 4) is 0 Å². The van der Waals surface area contributed by atoms with Gasteiger partial charge in [0.1, 0.15) is 5.76 Å². The topological polar surface area (TPSA) is 65.0 Å². The van der Waals surface area contributed by atoms with Crippen molar-refractivity contribution >= 4 is 5.91 Å². The molecule has 0 aliphatic rings. The Morgan fingerprint density at radius 2 is 1.90 bits per heavy atom. The molecule has 1 aromatic carbocycles. The van der Waals surface area contributed by atoms with Gasteiger partial charge in [0.05, 0.1) is 24.9 Å². The van der Waals surface area contributed by atoms with Gasteiger partial charge in [-0.1, -0.05) is 24.3 Å². The number of aryl methyl sites for hydroxylation is 1. The highest BCUT2D eigenvalue weighted by molar-refractivity contribution is 5.95. The van der Waals surface area contributed by atoms with Crippen LogP contribution in [0.3, 0.4) is 0 Å². The first kappa shape index (κ1) is 18.8. The highest BCUT2D eigenvalue weighted by Crippen LogP contribution is 2.18. The number of rotatable bonds is 7. The van der Waals surface area contributed by atoms with Crippen LogP contribution in [0.1, 0.15) is 38.6 Å². The molecule has 0 radical (unpaired) electrons. The van der Waals surface area contributed by atoms with E-state index in [-0.39, 0.29) is 5.91 Å². The Hall–Kier alpha value is -3.54. The maximum absolute atomic E-state index is 12.9. The number of nitrogens with one attached hydrogen (secondary N) is 1. The van der Waals surface area contributed by atoms with Gasteiger partial charge in [-0.05, 0) is 49.2 Å². The molecule has 148 valence electrons. The Morgan fingerprint density at radius 1 is 1.07 bits per heavy atom. The zero-order chi connectivity index (χ0) is 20.2. The number of aromatic nitrogens is 3. The minimum Gasteiger partial charge on any atom is -0.467 e. The summed E-state index contributed by atoms with van der Waals surface area (Å²) in [7, 11) is 0. The third-order valence-corrected chi connectivity index (χ3v) is 5.16. The van der Waals surface area contributed by atoms with Crippen molar-refractivity contribution in [3.05, 3.63) is 101 Å². The van der Waals surface area contributed by atoms with Gasteiger partial charge in [0.15, 0.2) is 0 Å². The predicted octanol–water partition coefficient (Wildman–Crippen LogP) is 3.92. The highest BCUT2D eigenvalue weighted by Gasteiger charge is 2.16. The number of carbonyl (C=O) groups is 1. The molecule has 4 aromatic rings. The number of hydrogen-bond acceptors (Lipinski definition) is 3. The Morgan fingerprint density at radius 3 is 2.62 bits per heavy atom. The molecule has 1 N–H and O–H groups in total. The zero-order valence-electron chi connectivity index (χ0n) is 16.6. The normalized spacial score (nSPS) is 11.0. The molecule has 6 heteroatoms. The van der Waals surface area contributed by atoms with Crippen molar-refractivity contribution in [2.75, 3.05) is 0 Å². The molecule has 0 aliphatic carbocycles. The molecule has 0 atom stereocenters. The SMILES string of the molecule is Cc1cc(C(=O)NCc2ccccc2Cn2cccn2)c(C)n1Cc1ccco1. The number of amides is 1. The lowest BCUT2D eigenvalue weighted by Gasteiger charge is -2.11. The highest BCUT2D eigenvalue weighted by atomic mass is 16.3. The van der Waals surface area contributed by atoms with Gasteiger partial charge >= 0.3 is 0 Å². The minimum absolute atomic E-state index is 0.0716. The Labute approximate surface area is 169 Å². The molecular formula is C23H24N4O2. The molecule has 6 nitrogen and oxygen atoms in total. The lowest BCUT2D eigenvalue weighted by Crippen LogP contribution is -2.24. The number of furan rings is 1. The summed E-state index contributed by atoms with van der Waals surface area (Å²) >= 11 is 0. The first-order chi connectivity index (χ1) is 14.1. The van der Waals surface area contributed by atoms with E-state index in [9.17, 15) is 4.79 Å². The van der Waals surface area contributed by atoms with Crippen molar-refractivity contribution < 1.29 is 9.21 Å². The van der Waals surface area contributed by atoms with Crippen LogP contribution in [-0.2, 0) is 19.6 Å². The van der Waals surface area contributed by atoms with E-state index in [1.807, 2.05) is 67.2 Å². The van der Waals surface area contributed by atoms with Crippen LogP contribution >= 0.6 is 0 Å². The lowest BCUT2D eigenvalue weighted by molar-refractivity contribution is 0.0950. The summed E-state index contributed by atoms with van der Waals surface area (Å²) in [5, 5.41) is 7.34. The molecule has 4 rings (SSSR count). The molecule has 0 spiro atoms. The van der Waals surface area contributed by atoms with Gasteiger partial charge in [-0.3, -0.25) is 9.48 Å². The maximum atomic E-state index is 12.9. The summed E-state index contributed by atoms with van der Waals surface area (Å²) in [4.78, 5) is 12.9. The summed E-state index contributed by atoms with van der Waals surface area (Å²) < 4.78 is 9.42. The van der Waals surface area contributed by atoms with Crippen molar-refractivity contribution in [2.45, 2.75) is 33.5 Å². The largest absolute Gasteiger partial charge is 0.467 e. The average Bonchev–Trinajstić information content (AvgIpc) is 3.47. The molecule has 3 heterocycles. The maximum Gasteiger partial charge on any atom is 0.253 e. The minimum atomic E-state index is -0.0716. The van der Waals surface area contributed by atoms with Gasteiger partial charge in [0.2, 0.25) is 0 Å². The standard InChI is InChI=1S/C23H24N4O2/c1-17-13-22(18(2)27(17)16-21-9-5-12-29-21)23(28)24-14-19-7-3-4-8-20(19)15-26-11-6-10-25-26/h3-13H,14-16H2,1-2H3,(H,24,28). The van der Waals surface area contributed by atoms with E-state index in [2.05, 4.69) is 21.0 Å². The molecule has 3 aromatic heterocycles. The molecule has 0 unspecified atom stereocenters. The number of nitrogens with zero attached hydrogens (tertiary/aromatic N) is 3. The second-order valence-corrected chi connectivity index (χ2v) is 7.11. The summed E-state index contributed by atoms with van der Waals surface area (Å²) in [5.41, 5.74) is 4.88. The first-order valence-electron chi connectivity index (χ1n) is 9.63. The quantitative estimate of drug-likeness (QED) is 0.522. The molecule has 1 amide bonds. The van der Waals surface area contributed by atoms with E-state index in [0.29, 0.717) is 25.2 Å². The summed E-state index contributed by atoms with van der Waals surface area (Å²) in [5.74, 6) is 0.795. The zero-order valence-corrected chi connectivity index (χ0v) is 16.6. The van der Waals surface area contributed by atoms with E-state index in [0.717, 1.165) is 28.3 Å². The summed E-state index contributed by atoms with van der Waals surface area (Å²) in [6.07, 6.45) is 5.37. The smallest absolute Gasteiger partial charge is 0.253 e. The molecular weight excluding hydrogens is 364 g/mol. The molecule has 0 bridgehead atoms. The van der Waals surface area contributed by atoms with Crippen LogP contribution in [0.15, 0.2) is 71.6 Å². The first-order valence-corrected chi connectivity index (χ1v) is 9.63. The number of carbonyl (C=O) groups excluding carboxylic acids is 1. The Balaban J connectivity index is 1.47. The van der Waals surface area contributed by atoms with Crippen LogP contribution in [0.4, 0.5) is 0 Å². The predicted molar refractivity (Wildman–Crippen MR) is 111 cm³/mol. The van der Waals surface area contributed by atoms with Gasteiger partial charge in [-0.15, -0.1) is 0 Å². The van der Waals surface area contributed by atoms with Crippen LogP contribution in [-0.4, -0.2) is 20.3 Å². The Kier molecular flexibility index (Phi) is 5.33. The van der Waals surface area contributed by atoms with E-state index in [4.69, 9.17) is 4.42 Å². The number of hydrogen-bond donors (Lipinski definition) is 1. The molecule has 0 fully saturated rings. The van der Waals surface area contributed by atoms with Gasteiger partial charge in [0.25, 0.3) is 5.91 Å². The molecule has 0 saturated heterocycles. The van der Waals surface area contributed by atoms with E-state index < -0.39 is 0 Å². The summed E-state index contributed by atoms with van der Waals surface area (Å²) in [6.45, 7) is 5.74. The Bertz CT molecular complexity index is 1090. The van der Waals surface area contributed by atoms with Crippen LogP contribution in [0.25, 0.3) is 0 Å². The van der Waals surface area contributed by atoms with Gasteiger partial charge in [-0.2, -0.15) is 5.10 Å². The second-order valence-electron chi connectivity index (χ2n) is 7.11. The van der Waals surface area contributed by atoms with Gasteiger partial charge in [0, 0.05) is 30.3 Å². The van der Waals surface area contributed by atoms with Gasteiger partial charge < -0.3 is 14.3 Å². The van der Waals surface area contributed by atoms with E-state index in [1.165, 1.54) is 0 Å². The van der Waals surface area contributed by atoms with Crippen LogP contribution in [0.2, 0.25) is 0 Å². The van der Waals surface area contributed by atoms with Crippen molar-refractivity contribution in [2.24, 2.45) is 0 Å². The fraction of sp³-hybridized carbons (Fsp3) is 0.217. The molecule has 0 aliphatic heterocycles. The van der Waals surface area contributed by atoms with Crippen molar-refractivity contribution in [1.82, 2.24) is 19.7 Å². The van der Waals surface area contributed by atoms with Crippen LogP contribution in [0, 0.1) is 13.8 Å². The van der Waals surface area contributed by atoms with Crippen molar-refractivity contribution in [3.63, 3.8) is 0 Å². The second kappa shape index (κ2) is 8.22. The average molecular weight is 388 g/mol. The summed E-state index contributed by atoms with van der Waals surface area (Å²) in [6, 6.07) is 15.8. The fourth-order valence-electron chi connectivity index (χ4n) is 3.56. The van der Waals surface area contributed by atoms with E-state index >= 15 is 0 Å². The third-order valence-electron chi connectivity index (χ3n) is 5.16. The third kappa shape index (κ3) is 4.16. The molecule has 0 saturated carbocycles. The number of benzene rings is 1. The van der Waals surface area contributed by atoms with Crippen LogP contribution in [0.5, 0.6) is 0 Å².